The third-order valence-corrected chi connectivity index (χ3v) is 1.11. The van der Waals surface area contributed by atoms with Crippen molar-refractivity contribution in [3.05, 3.63) is 24.2 Å². The molecular weight excluding hydrogens is 114 g/mol. The molecule has 1 rings (SSSR count). The molecule has 0 aromatic carbocycles. The van der Waals surface area contributed by atoms with E-state index in [4.69, 9.17) is 0 Å². The van der Waals surface area contributed by atoms with Gasteiger partial charge in [0.05, 0.1) is 0 Å². The third kappa shape index (κ3) is 1.23. The second-order valence-corrected chi connectivity index (χ2v) is 2.15. The molecule has 0 radical (unpaired) electrons. The molecule has 0 bridgehead atoms. The van der Waals surface area contributed by atoms with Crippen LogP contribution in [0.25, 0.3) is 0 Å². The minimum absolute atomic E-state index is 0.972. The monoisotopic (exact) mass is 125 g/mol. The Morgan fingerprint density at radius 3 is 2.67 bits per heavy atom. The summed E-state index contributed by atoms with van der Waals surface area (Å²) in [6.45, 7) is 7.67. The molecule has 2 N–H and O–H groups in total. The van der Waals surface area contributed by atoms with Crippen molar-refractivity contribution in [3.63, 3.8) is 0 Å². The Balaban J connectivity index is 2.57. The number of hydrazine groups is 2. The summed E-state index contributed by atoms with van der Waals surface area (Å²) in [5, 5.41) is 1.83. The van der Waals surface area contributed by atoms with Crippen molar-refractivity contribution in [1.82, 2.24) is 16.0 Å². The molecule has 1 aliphatic heterocycles. The van der Waals surface area contributed by atoms with Crippen LogP contribution in [0.15, 0.2) is 24.2 Å². The zero-order valence-corrected chi connectivity index (χ0v) is 5.73. The van der Waals surface area contributed by atoms with Gasteiger partial charge < -0.3 is 5.43 Å². The van der Waals surface area contributed by atoms with Gasteiger partial charge in [0.15, 0.2) is 0 Å². The van der Waals surface area contributed by atoms with Gasteiger partial charge in [-0.2, -0.15) is 0 Å². The molecule has 1 heterocycles. The van der Waals surface area contributed by atoms with Gasteiger partial charge in [-0.1, -0.05) is 6.58 Å². The lowest BCUT2D eigenvalue weighted by atomic mass is 10.5. The smallest absolute Gasteiger partial charge is 0.0431 e. The Bertz CT molecular complexity index is 160. The fraction of sp³-hybridized carbons (Fsp3) is 0.333. The van der Waals surface area contributed by atoms with Gasteiger partial charge in [0.25, 0.3) is 0 Å². The van der Waals surface area contributed by atoms with Crippen molar-refractivity contribution in [3.8, 4) is 0 Å². The van der Waals surface area contributed by atoms with Crippen molar-refractivity contribution in [2.45, 2.75) is 13.8 Å². The maximum absolute atomic E-state index is 3.75. The highest BCUT2D eigenvalue weighted by Gasteiger charge is 2.05. The van der Waals surface area contributed by atoms with Gasteiger partial charge in [0.1, 0.15) is 0 Å². The van der Waals surface area contributed by atoms with Gasteiger partial charge in [-0.3, -0.25) is 5.01 Å². The first-order valence-corrected chi connectivity index (χ1v) is 2.85. The average Bonchev–Trinajstić information content (AvgIpc) is 2.14. The Morgan fingerprint density at radius 1 is 1.78 bits per heavy atom. The largest absolute Gasteiger partial charge is 0.306 e. The van der Waals surface area contributed by atoms with Crippen LogP contribution in [0.1, 0.15) is 13.8 Å². The van der Waals surface area contributed by atoms with Crippen molar-refractivity contribution in [1.29, 1.82) is 0 Å². The minimum atomic E-state index is 0.972. The zero-order chi connectivity index (χ0) is 6.85. The lowest BCUT2D eigenvalue weighted by Gasteiger charge is -2.13. The number of allylic oxidation sites excluding steroid dienone is 2. The fourth-order valence-corrected chi connectivity index (χ4v) is 0.612. The maximum Gasteiger partial charge on any atom is 0.0431 e. The van der Waals surface area contributed by atoms with Crippen molar-refractivity contribution in [2.75, 3.05) is 0 Å². The molecule has 0 aromatic rings. The van der Waals surface area contributed by atoms with Crippen molar-refractivity contribution in [2.24, 2.45) is 0 Å². The lowest BCUT2D eigenvalue weighted by Crippen LogP contribution is -2.34. The quantitative estimate of drug-likeness (QED) is 0.540. The molecule has 3 heteroatoms. The highest BCUT2D eigenvalue weighted by Crippen LogP contribution is 2.03. The maximum atomic E-state index is 3.75. The van der Waals surface area contributed by atoms with Crippen LogP contribution in [-0.2, 0) is 0 Å². The molecule has 0 saturated carbocycles. The zero-order valence-electron chi connectivity index (χ0n) is 5.73. The molecule has 0 aliphatic carbocycles. The van der Waals surface area contributed by atoms with E-state index in [0.29, 0.717) is 0 Å². The topological polar surface area (TPSA) is 27.3 Å². The van der Waals surface area contributed by atoms with E-state index in [1.54, 1.807) is 0 Å². The van der Waals surface area contributed by atoms with E-state index >= 15 is 0 Å². The summed E-state index contributed by atoms with van der Waals surface area (Å²) < 4.78 is 0. The summed E-state index contributed by atoms with van der Waals surface area (Å²) in [6.07, 6.45) is 1.95. The van der Waals surface area contributed by atoms with Crippen LogP contribution >= 0.6 is 0 Å². The predicted octanol–water partition coefficient (Wildman–Crippen LogP) is 0.706. The van der Waals surface area contributed by atoms with Gasteiger partial charge in [-0.05, 0) is 13.8 Å². The molecule has 50 valence electrons. The van der Waals surface area contributed by atoms with Crippen molar-refractivity contribution >= 4 is 0 Å². The number of nitrogens with one attached hydrogen (secondary N) is 2. The van der Waals surface area contributed by atoms with Gasteiger partial charge in [-0.25, -0.2) is 0 Å². The van der Waals surface area contributed by atoms with Crippen LogP contribution in [0.2, 0.25) is 0 Å². The second-order valence-electron chi connectivity index (χ2n) is 2.15. The molecule has 0 atom stereocenters. The van der Waals surface area contributed by atoms with Gasteiger partial charge in [-0.15, -0.1) is 5.53 Å². The number of hydrogen-bond acceptors (Lipinski definition) is 3. The first-order valence-electron chi connectivity index (χ1n) is 2.85. The Labute approximate surface area is 55.0 Å². The summed E-state index contributed by atoms with van der Waals surface area (Å²) in [4.78, 5) is 0. The van der Waals surface area contributed by atoms with Gasteiger partial charge >= 0.3 is 0 Å². The van der Waals surface area contributed by atoms with Crippen LogP contribution in [0.3, 0.4) is 0 Å². The third-order valence-electron chi connectivity index (χ3n) is 1.11. The standard InChI is InChI=1S/C6H11N3/c1-5(2)9-4-6(3)7-8-9/h4,7-8H,1H2,2-3H3. The molecule has 0 spiro atoms. The van der Waals surface area contributed by atoms with E-state index in [2.05, 4.69) is 17.5 Å². The molecule has 0 fully saturated rings. The van der Waals surface area contributed by atoms with Crippen LogP contribution in [0.5, 0.6) is 0 Å². The van der Waals surface area contributed by atoms with E-state index < -0.39 is 0 Å². The normalized spacial score (nSPS) is 17.1. The van der Waals surface area contributed by atoms with E-state index in [1.165, 1.54) is 0 Å². The van der Waals surface area contributed by atoms with Crippen LogP contribution in [0, 0.1) is 0 Å². The Morgan fingerprint density at radius 2 is 2.44 bits per heavy atom. The van der Waals surface area contributed by atoms with E-state index in [1.807, 2.05) is 25.1 Å². The second kappa shape index (κ2) is 2.11. The molecule has 0 amide bonds. The van der Waals surface area contributed by atoms with Gasteiger partial charge in [0.2, 0.25) is 0 Å². The summed E-state index contributed by atoms with van der Waals surface area (Å²) in [7, 11) is 0. The first-order chi connectivity index (χ1) is 4.20. The summed E-state index contributed by atoms with van der Waals surface area (Å²) in [5.74, 6) is 0. The molecule has 9 heavy (non-hydrogen) atoms. The molecular formula is C6H11N3. The molecule has 0 saturated heterocycles. The summed E-state index contributed by atoms with van der Waals surface area (Å²) >= 11 is 0. The molecule has 0 unspecified atom stereocenters. The number of hydrogen-bond donors (Lipinski definition) is 2. The molecule has 1 aliphatic rings. The summed E-state index contributed by atoms with van der Waals surface area (Å²) in [6, 6.07) is 0. The summed E-state index contributed by atoms with van der Waals surface area (Å²) in [5.41, 5.74) is 7.89. The average molecular weight is 125 g/mol. The molecule has 3 nitrogen and oxygen atoms in total. The minimum Gasteiger partial charge on any atom is -0.306 e. The first kappa shape index (κ1) is 6.16. The van der Waals surface area contributed by atoms with Crippen LogP contribution in [0.4, 0.5) is 0 Å². The highest BCUT2D eigenvalue weighted by molar-refractivity contribution is 5.04. The SMILES string of the molecule is C=C(C)N1C=C(C)NN1. The van der Waals surface area contributed by atoms with Crippen LogP contribution in [-0.4, -0.2) is 5.01 Å². The van der Waals surface area contributed by atoms with E-state index in [-0.39, 0.29) is 0 Å². The molecule has 0 aromatic heterocycles. The van der Waals surface area contributed by atoms with Gasteiger partial charge in [0, 0.05) is 17.6 Å². The Hall–Kier alpha value is -0.960. The van der Waals surface area contributed by atoms with Crippen molar-refractivity contribution < 1.29 is 0 Å². The Kier molecular flexibility index (Phi) is 1.44. The highest BCUT2D eigenvalue weighted by atomic mass is 15.7. The number of nitrogens with zero attached hydrogens (tertiary/aromatic N) is 1. The fourth-order valence-electron chi connectivity index (χ4n) is 0.612. The van der Waals surface area contributed by atoms with E-state index in [0.717, 1.165) is 11.4 Å². The van der Waals surface area contributed by atoms with E-state index in [9.17, 15) is 0 Å². The predicted molar refractivity (Wildman–Crippen MR) is 36.7 cm³/mol. The number of rotatable bonds is 1. The van der Waals surface area contributed by atoms with Crippen LogP contribution < -0.4 is 11.0 Å². The lowest BCUT2D eigenvalue weighted by molar-refractivity contribution is 0.338.